The highest BCUT2D eigenvalue weighted by atomic mass is 16.4. The molecule has 1 fully saturated rings. The molecule has 0 aliphatic carbocycles. The van der Waals surface area contributed by atoms with Gasteiger partial charge in [0.25, 0.3) is 0 Å². The van der Waals surface area contributed by atoms with Gasteiger partial charge >= 0.3 is 5.63 Å². The molecule has 3 heterocycles. The molecule has 0 saturated carbocycles. The van der Waals surface area contributed by atoms with E-state index in [0.717, 1.165) is 46.1 Å². The molecule has 6 heteroatoms. The number of carbonyl (C=O) groups is 1. The highest BCUT2D eigenvalue weighted by Crippen LogP contribution is 2.31. The average Bonchev–Trinajstić information content (AvgIpc) is 2.91. The molecule has 0 bridgehead atoms. The minimum atomic E-state index is -0.378. The largest absolute Gasteiger partial charge is 0.461 e. The van der Waals surface area contributed by atoms with Gasteiger partial charge in [0.1, 0.15) is 16.9 Å². The number of nitrogens with one attached hydrogen (secondary N) is 1. The van der Waals surface area contributed by atoms with Crippen molar-refractivity contribution < 1.29 is 18.9 Å². The molecule has 0 unspecified atom stereocenters. The first-order valence-electron chi connectivity index (χ1n) is 11.5. The molecule has 6 nitrogen and oxygen atoms in total. The van der Waals surface area contributed by atoms with Crippen LogP contribution in [-0.4, -0.2) is 23.0 Å². The summed E-state index contributed by atoms with van der Waals surface area (Å²) in [7, 11) is 0. The quantitative estimate of drug-likeness (QED) is 0.605. The Balaban J connectivity index is 1.54. The fourth-order valence-corrected chi connectivity index (χ4v) is 5.67. The molecule has 1 aromatic carbocycles. The van der Waals surface area contributed by atoms with Gasteiger partial charge in [-0.1, -0.05) is 0 Å². The predicted octanol–water partition coefficient (Wildman–Crippen LogP) is 3.80. The summed E-state index contributed by atoms with van der Waals surface area (Å²) in [6, 6.07) is 3.97. The number of piperidine rings is 1. The molecule has 172 valence electrons. The van der Waals surface area contributed by atoms with Gasteiger partial charge in [0.15, 0.2) is 0 Å². The van der Waals surface area contributed by atoms with E-state index in [1.807, 2.05) is 26.8 Å². The Labute approximate surface area is 188 Å². The van der Waals surface area contributed by atoms with Gasteiger partial charge in [-0.25, -0.2) is 4.79 Å². The van der Waals surface area contributed by atoms with Crippen molar-refractivity contribution in [2.24, 2.45) is 0 Å². The summed E-state index contributed by atoms with van der Waals surface area (Å²) in [6.07, 6.45) is 2.49. The van der Waals surface area contributed by atoms with E-state index < -0.39 is 0 Å². The third kappa shape index (κ3) is 4.33. The van der Waals surface area contributed by atoms with Crippen LogP contribution in [0.3, 0.4) is 0 Å². The van der Waals surface area contributed by atoms with Crippen molar-refractivity contribution in [3.05, 3.63) is 45.0 Å². The molecular formula is C26H35N2O4+. The molecular weight excluding hydrogens is 404 g/mol. The standard InChI is InChI=1S/C26H34N2O4/c1-14-16(3)31-21-11-22-20(10-19(14)21)15(2)18(24(30)32-22)8-9-23(29)27-17-12-25(4,5)28-26(6,7)13-17/h10-11,17,28H,8-9,12-13H2,1-7H3,(H,27,29)/p+1. The number of aryl methyl sites for hydroxylation is 3. The molecule has 1 saturated heterocycles. The van der Waals surface area contributed by atoms with Crippen molar-refractivity contribution in [1.29, 1.82) is 0 Å². The van der Waals surface area contributed by atoms with Crippen molar-refractivity contribution in [3.8, 4) is 0 Å². The minimum Gasteiger partial charge on any atom is -0.461 e. The van der Waals surface area contributed by atoms with Crippen LogP contribution in [-0.2, 0) is 11.2 Å². The van der Waals surface area contributed by atoms with Crippen molar-refractivity contribution in [2.45, 2.75) is 91.3 Å². The molecule has 1 amide bonds. The molecule has 0 atom stereocenters. The average molecular weight is 440 g/mol. The number of furan rings is 1. The Bertz CT molecular complexity index is 1250. The van der Waals surface area contributed by atoms with E-state index in [-0.39, 0.29) is 35.1 Å². The summed E-state index contributed by atoms with van der Waals surface area (Å²) < 4.78 is 11.4. The maximum absolute atomic E-state index is 12.7. The second-order valence-electron chi connectivity index (χ2n) is 10.9. The van der Waals surface area contributed by atoms with Gasteiger partial charge in [0, 0.05) is 47.7 Å². The maximum atomic E-state index is 12.7. The Morgan fingerprint density at radius 3 is 2.25 bits per heavy atom. The molecule has 0 spiro atoms. The van der Waals surface area contributed by atoms with Gasteiger partial charge in [-0.3, -0.25) is 4.79 Å². The van der Waals surface area contributed by atoms with Crippen LogP contribution in [0.25, 0.3) is 21.9 Å². The van der Waals surface area contributed by atoms with E-state index >= 15 is 0 Å². The van der Waals surface area contributed by atoms with E-state index in [1.54, 1.807) is 6.07 Å². The van der Waals surface area contributed by atoms with Gasteiger partial charge in [0.05, 0.1) is 11.1 Å². The normalized spacial score (nSPS) is 18.3. The zero-order valence-corrected chi connectivity index (χ0v) is 20.3. The third-order valence-electron chi connectivity index (χ3n) is 6.88. The zero-order valence-electron chi connectivity index (χ0n) is 20.3. The summed E-state index contributed by atoms with van der Waals surface area (Å²) in [5.41, 5.74) is 3.57. The van der Waals surface area contributed by atoms with E-state index in [4.69, 9.17) is 8.83 Å². The van der Waals surface area contributed by atoms with Gasteiger partial charge in [-0.05, 0) is 72.1 Å². The number of amides is 1. The number of hydrogen-bond donors (Lipinski definition) is 2. The highest BCUT2D eigenvalue weighted by Gasteiger charge is 2.42. The number of benzene rings is 1. The van der Waals surface area contributed by atoms with Crippen LogP contribution in [0, 0.1) is 20.8 Å². The summed E-state index contributed by atoms with van der Waals surface area (Å²) in [5, 5.41) is 7.52. The van der Waals surface area contributed by atoms with E-state index in [2.05, 4.69) is 38.3 Å². The van der Waals surface area contributed by atoms with Crippen molar-refractivity contribution in [2.75, 3.05) is 0 Å². The Kier molecular flexibility index (Phi) is 5.48. The van der Waals surface area contributed by atoms with Crippen LogP contribution in [0.1, 0.15) is 69.4 Å². The van der Waals surface area contributed by atoms with Crippen LogP contribution in [0.5, 0.6) is 0 Å². The number of quaternary nitrogens is 1. The Morgan fingerprint density at radius 1 is 1.00 bits per heavy atom. The highest BCUT2D eigenvalue weighted by molar-refractivity contribution is 5.96. The number of rotatable bonds is 4. The molecule has 3 aromatic rings. The van der Waals surface area contributed by atoms with E-state index in [9.17, 15) is 9.59 Å². The van der Waals surface area contributed by atoms with Crippen LogP contribution in [0.15, 0.2) is 25.8 Å². The van der Waals surface area contributed by atoms with Crippen molar-refractivity contribution in [1.82, 2.24) is 5.32 Å². The molecule has 0 radical (unpaired) electrons. The van der Waals surface area contributed by atoms with Crippen molar-refractivity contribution >= 4 is 27.8 Å². The summed E-state index contributed by atoms with van der Waals surface area (Å²) in [4.78, 5) is 25.5. The molecule has 2 aromatic heterocycles. The van der Waals surface area contributed by atoms with Crippen molar-refractivity contribution in [3.63, 3.8) is 0 Å². The number of hydrogen-bond acceptors (Lipinski definition) is 4. The first-order valence-corrected chi connectivity index (χ1v) is 11.5. The molecule has 3 N–H and O–H groups in total. The molecule has 1 aliphatic rings. The smallest absolute Gasteiger partial charge is 0.339 e. The zero-order chi connectivity index (χ0) is 23.4. The fraction of sp³-hybridized carbons (Fsp3) is 0.538. The van der Waals surface area contributed by atoms with Crippen LogP contribution < -0.4 is 16.3 Å². The number of carbonyl (C=O) groups excluding carboxylic acids is 1. The lowest BCUT2D eigenvalue weighted by atomic mass is 9.79. The molecule has 4 rings (SSSR count). The van der Waals surface area contributed by atoms with Gasteiger partial charge in [-0.15, -0.1) is 0 Å². The second kappa shape index (κ2) is 7.77. The number of nitrogens with two attached hydrogens (primary N) is 1. The summed E-state index contributed by atoms with van der Waals surface area (Å²) in [6.45, 7) is 14.8. The lowest BCUT2D eigenvalue weighted by Crippen LogP contribution is -3.06. The monoisotopic (exact) mass is 439 g/mol. The van der Waals surface area contributed by atoms with Gasteiger partial charge < -0.3 is 19.5 Å². The SMILES string of the molecule is Cc1oc2cc3oc(=O)c(CCC(=O)NC4CC(C)(C)[NH2+]C(C)(C)C4)c(C)c3cc2c1C. The maximum Gasteiger partial charge on any atom is 0.339 e. The minimum absolute atomic E-state index is 0.0147. The second-order valence-corrected chi connectivity index (χ2v) is 10.9. The predicted molar refractivity (Wildman–Crippen MR) is 126 cm³/mol. The summed E-state index contributed by atoms with van der Waals surface area (Å²) in [5.74, 6) is 0.845. The summed E-state index contributed by atoms with van der Waals surface area (Å²) >= 11 is 0. The lowest BCUT2D eigenvalue weighted by molar-refractivity contribution is -0.787. The van der Waals surface area contributed by atoms with Gasteiger partial charge in [-0.2, -0.15) is 0 Å². The third-order valence-corrected chi connectivity index (χ3v) is 6.88. The Morgan fingerprint density at radius 2 is 1.59 bits per heavy atom. The first-order chi connectivity index (χ1) is 14.8. The van der Waals surface area contributed by atoms with Gasteiger partial charge in [0.2, 0.25) is 5.91 Å². The van der Waals surface area contributed by atoms with Crippen LogP contribution >= 0.6 is 0 Å². The number of fused-ring (bicyclic) bond motifs is 2. The van der Waals surface area contributed by atoms with Crippen LogP contribution in [0.2, 0.25) is 0 Å². The fourth-order valence-electron chi connectivity index (χ4n) is 5.67. The topological polar surface area (TPSA) is 89.1 Å². The molecule has 1 aliphatic heterocycles. The molecule has 32 heavy (non-hydrogen) atoms. The van der Waals surface area contributed by atoms with E-state index in [1.165, 1.54) is 0 Å². The lowest BCUT2D eigenvalue weighted by Gasteiger charge is -2.43. The Hall–Kier alpha value is -2.60. The van der Waals surface area contributed by atoms with Crippen LogP contribution in [0.4, 0.5) is 0 Å². The first kappa shape index (κ1) is 22.6. The van der Waals surface area contributed by atoms with E-state index in [0.29, 0.717) is 17.6 Å².